The van der Waals surface area contributed by atoms with Crippen molar-refractivity contribution in [3.63, 3.8) is 0 Å². The maximum Gasteiger partial charge on any atom is 0.262 e. The fourth-order valence-corrected chi connectivity index (χ4v) is 4.24. The van der Waals surface area contributed by atoms with Crippen LogP contribution in [0.15, 0.2) is 73.1 Å². The van der Waals surface area contributed by atoms with Crippen molar-refractivity contribution in [1.29, 1.82) is 0 Å². The Labute approximate surface area is 198 Å². The number of likely N-dealkylation sites (N-methyl/N-ethyl adjacent to an activating group) is 1. The smallest absolute Gasteiger partial charge is 0.262 e. The van der Waals surface area contributed by atoms with E-state index in [-0.39, 0.29) is 23.1 Å². The minimum Gasteiger partial charge on any atom is -0.314 e. The van der Waals surface area contributed by atoms with Crippen molar-refractivity contribution in [3.05, 3.63) is 101 Å². The maximum absolute atomic E-state index is 13.9. The molecule has 35 heavy (non-hydrogen) atoms. The molecule has 0 radical (unpaired) electrons. The first kappa shape index (κ1) is 22.3. The van der Waals surface area contributed by atoms with Gasteiger partial charge in [-0.15, -0.1) is 0 Å². The average Bonchev–Trinajstić information content (AvgIpc) is 3.10. The largest absolute Gasteiger partial charge is 0.314 e. The summed E-state index contributed by atoms with van der Waals surface area (Å²) in [5.41, 5.74) is 2.11. The van der Waals surface area contributed by atoms with Gasteiger partial charge in [-0.2, -0.15) is 0 Å². The van der Waals surface area contributed by atoms with E-state index in [2.05, 4.69) is 9.97 Å². The van der Waals surface area contributed by atoms with E-state index in [1.54, 1.807) is 36.5 Å². The lowest BCUT2D eigenvalue weighted by molar-refractivity contribution is -0.122. The number of anilines is 1. The number of benzene rings is 3. The highest BCUT2D eigenvalue weighted by atomic mass is 19.1. The number of halogens is 2. The van der Waals surface area contributed by atoms with Gasteiger partial charge in [0.1, 0.15) is 17.7 Å². The third kappa shape index (κ3) is 4.01. The van der Waals surface area contributed by atoms with Gasteiger partial charge in [0.15, 0.2) is 0 Å². The van der Waals surface area contributed by atoms with Crippen LogP contribution >= 0.6 is 0 Å². The highest BCUT2D eigenvalue weighted by Crippen LogP contribution is 2.28. The summed E-state index contributed by atoms with van der Waals surface area (Å²) in [4.78, 5) is 50.7. The first-order chi connectivity index (χ1) is 16.8. The van der Waals surface area contributed by atoms with Gasteiger partial charge in [0, 0.05) is 37.6 Å². The summed E-state index contributed by atoms with van der Waals surface area (Å²) >= 11 is 0. The van der Waals surface area contributed by atoms with E-state index in [1.165, 1.54) is 30.3 Å². The van der Waals surface area contributed by atoms with Crippen molar-refractivity contribution < 1.29 is 23.2 Å². The number of hydrogen-bond donors (Lipinski definition) is 0. The summed E-state index contributed by atoms with van der Waals surface area (Å²) in [5, 5.41) is 0. The van der Waals surface area contributed by atoms with Crippen LogP contribution in [0.4, 0.5) is 14.5 Å². The third-order valence-corrected chi connectivity index (χ3v) is 5.94. The van der Waals surface area contributed by atoms with Crippen LogP contribution in [0, 0.1) is 11.6 Å². The molecule has 5 rings (SSSR count). The Morgan fingerprint density at radius 2 is 1.49 bits per heavy atom. The first-order valence-corrected chi connectivity index (χ1v) is 10.7. The summed E-state index contributed by atoms with van der Waals surface area (Å²) in [6.45, 7) is 0. The van der Waals surface area contributed by atoms with Gasteiger partial charge in [0.25, 0.3) is 11.8 Å². The quantitative estimate of drug-likeness (QED) is 0.413. The van der Waals surface area contributed by atoms with Gasteiger partial charge in [-0.05, 0) is 48.0 Å². The summed E-state index contributed by atoms with van der Waals surface area (Å²) < 4.78 is 27.8. The minimum absolute atomic E-state index is 0.134. The van der Waals surface area contributed by atoms with E-state index in [0.717, 1.165) is 17.0 Å². The Balaban J connectivity index is 1.55. The molecule has 0 bridgehead atoms. The van der Waals surface area contributed by atoms with Gasteiger partial charge in [0.2, 0.25) is 5.91 Å². The molecule has 0 unspecified atom stereocenters. The predicted molar refractivity (Wildman–Crippen MR) is 124 cm³/mol. The standard InChI is InChI=1S/C26H18F2N4O3/c1-31(18-6-7-21-22(14-18)30-9-8-29-21)26(35)23(12-15-10-16(27)13-17(28)11-15)32-24(33)19-4-2-3-5-20(19)25(32)34/h2-11,13-14,23H,12H2,1H3/t23-/m0/s1. The van der Waals surface area contributed by atoms with Crippen LogP contribution in [-0.2, 0) is 11.2 Å². The Bertz CT molecular complexity index is 1450. The molecule has 0 saturated heterocycles. The molecule has 1 atom stereocenters. The third-order valence-electron chi connectivity index (χ3n) is 5.94. The number of imide groups is 1. The summed E-state index contributed by atoms with van der Waals surface area (Å²) in [5.74, 6) is -3.53. The molecule has 0 spiro atoms. The topological polar surface area (TPSA) is 83.5 Å². The Morgan fingerprint density at radius 1 is 0.886 bits per heavy atom. The minimum atomic E-state index is -1.34. The zero-order valence-electron chi connectivity index (χ0n) is 18.5. The number of nitrogens with zero attached hydrogens (tertiary/aromatic N) is 4. The second kappa shape index (κ2) is 8.68. The summed E-state index contributed by atoms with van der Waals surface area (Å²) in [7, 11) is 1.50. The monoisotopic (exact) mass is 472 g/mol. The van der Waals surface area contributed by atoms with Crippen molar-refractivity contribution in [2.75, 3.05) is 11.9 Å². The van der Waals surface area contributed by atoms with E-state index < -0.39 is 35.4 Å². The van der Waals surface area contributed by atoms with Crippen molar-refractivity contribution in [2.24, 2.45) is 0 Å². The molecule has 1 aromatic heterocycles. The van der Waals surface area contributed by atoms with Crippen molar-refractivity contribution >= 4 is 34.4 Å². The predicted octanol–water partition coefficient (Wildman–Crippen LogP) is 3.78. The van der Waals surface area contributed by atoms with Crippen molar-refractivity contribution in [3.8, 4) is 0 Å². The lowest BCUT2D eigenvalue weighted by Gasteiger charge is -2.29. The van der Waals surface area contributed by atoms with Gasteiger partial charge in [-0.25, -0.2) is 8.78 Å². The van der Waals surface area contributed by atoms with Gasteiger partial charge < -0.3 is 4.90 Å². The second-order valence-electron chi connectivity index (χ2n) is 8.15. The zero-order chi connectivity index (χ0) is 24.7. The number of fused-ring (bicyclic) bond motifs is 2. The normalized spacial score (nSPS) is 13.7. The molecule has 0 aliphatic carbocycles. The molecular formula is C26H18F2N4O3. The molecule has 7 nitrogen and oxygen atoms in total. The van der Waals surface area contributed by atoms with Gasteiger partial charge >= 0.3 is 0 Å². The van der Waals surface area contributed by atoms with E-state index in [1.807, 2.05) is 0 Å². The number of carbonyl (C=O) groups excluding carboxylic acids is 3. The van der Waals surface area contributed by atoms with E-state index in [9.17, 15) is 23.2 Å². The Kier molecular flexibility index (Phi) is 5.52. The fraction of sp³-hybridized carbons (Fsp3) is 0.115. The van der Waals surface area contributed by atoms with Gasteiger partial charge in [-0.1, -0.05) is 12.1 Å². The average molecular weight is 472 g/mol. The molecule has 9 heteroatoms. The van der Waals surface area contributed by atoms with Crippen LogP contribution < -0.4 is 4.90 Å². The highest BCUT2D eigenvalue weighted by Gasteiger charge is 2.43. The van der Waals surface area contributed by atoms with E-state index in [4.69, 9.17) is 0 Å². The van der Waals surface area contributed by atoms with E-state index in [0.29, 0.717) is 22.8 Å². The molecule has 0 N–H and O–H groups in total. The molecule has 1 aliphatic rings. The molecule has 174 valence electrons. The van der Waals surface area contributed by atoms with Crippen molar-refractivity contribution in [2.45, 2.75) is 12.5 Å². The molecule has 3 amide bonds. The van der Waals surface area contributed by atoms with Crippen LogP contribution in [0.3, 0.4) is 0 Å². The van der Waals surface area contributed by atoms with Crippen LogP contribution in [-0.4, -0.2) is 45.7 Å². The summed E-state index contributed by atoms with van der Waals surface area (Å²) in [6, 6.07) is 12.8. The molecule has 3 aromatic carbocycles. The number of amides is 3. The van der Waals surface area contributed by atoms with Gasteiger partial charge in [-0.3, -0.25) is 29.3 Å². The molecule has 0 fully saturated rings. The Hall–Kier alpha value is -4.53. The summed E-state index contributed by atoms with van der Waals surface area (Å²) in [6.07, 6.45) is 2.80. The van der Waals surface area contributed by atoms with Crippen LogP contribution in [0.25, 0.3) is 11.0 Å². The van der Waals surface area contributed by atoms with Crippen LogP contribution in [0.1, 0.15) is 26.3 Å². The highest BCUT2D eigenvalue weighted by molar-refractivity contribution is 6.23. The molecule has 1 aliphatic heterocycles. The van der Waals surface area contributed by atoms with E-state index >= 15 is 0 Å². The SMILES string of the molecule is CN(C(=O)[C@H](Cc1cc(F)cc(F)c1)N1C(=O)c2ccccc2C1=O)c1ccc2nccnc2c1. The number of carbonyl (C=O) groups is 3. The molecule has 0 saturated carbocycles. The molecular weight excluding hydrogens is 454 g/mol. The lowest BCUT2D eigenvalue weighted by atomic mass is 10.0. The number of rotatable bonds is 5. The molecule has 4 aromatic rings. The molecule has 2 heterocycles. The van der Waals surface area contributed by atoms with Crippen LogP contribution in [0.2, 0.25) is 0 Å². The fourth-order valence-electron chi connectivity index (χ4n) is 4.24. The second-order valence-corrected chi connectivity index (χ2v) is 8.15. The van der Waals surface area contributed by atoms with Crippen molar-refractivity contribution in [1.82, 2.24) is 14.9 Å². The Morgan fingerprint density at radius 3 is 2.11 bits per heavy atom. The van der Waals surface area contributed by atoms with Gasteiger partial charge in [0.05, 0.1) is 22.2 Å². The zero-order valence-corrected chi connectivity index (χ0v) is 18.5. The maximum atomic E-state index is 13.9. The number of hydrogen-bond acceptors (Lipinski definition) is 5. The lowest BCUT2D eigenvalue weighted by Crippen LogP contribution is -2.51. The van der Waals surface area contributed by atoms with Crippen LogP contribution in [0.5, 0.6) is 0 Å². The number of aromatic nitrogens is 2. The first-order valence-electron chi connectivity index (χ1n) is 10.7.